The van der Waals surface area contributed by atoms with Crippen molar-refractivity contribution in [1.82, 2.24) is 0 Å². The molecule has 1 aromatic carbocycles. The molecule has 19 heavy (non-hydrogen) atoms. The number of halogens is 3. The van der Waals surface area contributed by atoms with E-state index in [4.69, 9.17) is 27.0 Å². The molecule has 0 fully saturated rings. The second-order valence-electron chi connectivity index (χ2n) is 4.08. The lowest BCUT2D eigenvalue weighted by molar-refractivity contribution is 0.303. The lowest BCUT2D eigenvalue weighted by Crippen LogP contribution is -2.00. The van der Waals surface area contributed by atoms with Crippen molar-refractivity contribution in [3.05, 3.63) is 29.0 Å². The van der Waals surface area contributed by atoms with Gasteiger partial charge in [-0.25, -0.2) is 12.8 Å². The lowest BCUT2D eigenvalue weighted by atomic mass is 10.2. The first-order chi connectivity index (χ1) is 8.88. The van der Waals surface area contributed by atoms with Gasteiger partial charge in [0.25, 0.3) is 0 Å². The molecule has 0 spiro atoms. The Bertz CT molecular complexity index is 506. The Morgan fingerprint density at radius 1 is 1.16 bits per heavy atom. The zero-order valence-corrected chi connectivity index (χ0v) is 12.6. The van der Waals surface area contributed by atoms with Crippen LogP contribution in [0.1, 0.15) is 25.7 Å². The van der Waals surface area contributed by atoms with Gasteiger partial charge in [-0.05, 0) is 25.0 Å². The molecular weight excluding hydrogens is 314 g/mol. The summed E-state index contributed by atoms with van der Waals surface area (Å²) in [5, 5.41) is 0.0645. The van der Waals surface area contributed by atoms with Gasteiger partial charge in [-0.3, -0.25) is 0 Å². The zero-order valence-electron chi connectivity index (χ0n) is 10.2. The molecule has 0 saturated carbocycles. The normalized spacial score (nSPS) is 11.5. The summed E-state index contributed by atoms with van der Waals surface area (Å²) in [7, 11) is 1.70. The lowest BCUT2D eigenvalue weighted by Gasteiger charge is -2.06. The molecule has 1 rings (SSSR count). The van der Waals surface area contributed by atoms with Crippen LogP contribution in [-0.2, 0) is 9.05 Å². The van der Waals surface area contributed by atoms with Crippen LogP contribution >= 0.6 is 22.3 Å². The summed E-state index contributed by atoms with van der Waals surface area (Å²) in [6, 6.07) is 4.28. The van der Waals surface area contributed by atoms with Gasteiger partial charge in [0.1, 0.15) is 11.6 Å². The molecule has 0 aromatic heterocycles. The first kappa shape index (κ1) is 16.5. The fourth-order valence-corrected chi connectivity index (χ4v) is 2.48. The molecule has 1 aromatic rings. The molecule has 0 radical (unpaired) electrons. The summed E-state index contributed by atoms with van der Waals surface area (Å²) in [5.74, 6) is -0.0747. The van der Waals surface area contributed by atoms with Crippen LogP contribution in [0.2, 0.25) is 5.02 Å². The van der Waals surface area contributed by atoms with E-state index in [0.717, 1.165) is 19.3 Å². The predicted molar refractivity (Wildman–Crippen MR) is 75.0 cm³/mol. The monoisotopic (exact) mass is 328 g/mol. The van der Waals surface area contributed by atoms with Gasteiger partial charge in [0, 0.05) is 16.7 Å². The number of hydrogen-bond acceptors (Lipinski definition) is 3. The van der Waals surface area contributed by atoms with Gasteiger partial charge in [0.2, 0.25) is 9.05 Å². The molecule has 0 bridgehead atoms. The van der Waals surface area contributed by atoms with Gasteiger partial charge in [0.15, 0.2) is 0 Å². The maximum Gasteiger partial charge on any atom is 0.232 e. The Morgan fingerprint density at radius 3 is 2.47 bits per heavy atom. The molecule has 0 saturated heterocycles. The van der Waals surface area contributed by atoms with Gasteiger partial charge in [0.05, 0.1) is 17.4 Å². The van der Waals surface area contributed by atoms with Crippen molar-refractivity contribution in [3.8, 4) is 5.75 Å². The smallest absolute Gasteiger partial charge is 0.232 e. The Balaban J connectivity index is 2.12. The van der Waals surface area contributed by atoms with E-state index in [1.165, 1.54) is 12.1 Å². The molecule has 0 amide bonds. The molecule has 0 aliphatic carbocycles. The quantitative estimate of drug-likeness (QED) is 0.535. The summed E-state index contributed by atoms with van der Waals surface area (Å²) in [5.41, 5.74) is 0. The highest BCUT2D eigenvalue weighted by Crippen LogP contribution is 2.20. The molecule has 108 valence electrons. The number of ether oxygens (including phenoxy) is 1. The average Bonchev–Trinajstić information content (AvgIpc) is 2.31. The largest absolute Gasteiger partial charge is 0.493 e. The van der Waals surface area contributed by atoms with E-state index in [2.05, 4.69) is 0 Å². The number of rotatable bonds is 8. The highest BCUT2D eigenvalue weighted by molar-refractivity contribution is 8.13. The Hall–Kier alpha value is -0.520. The van der Waals surface area contributed by atoms with Crippen molar-refractivity contribution in [2.45, 2.75) is 25.7 Å². The Kier molecular flexibility index (Phi) is 6.89. The summed E-state index contributed by atoms with van der Waals surface area (Å²) in [6.07, 6.45) is 2.92. The molecule has 0 atom stereocenters. The van der Waals surface area contributed by atoms with E-state index >= 15 is 0 Å². The minimum atomic E-state index is -3.38. The molecular formula is C12H15Cl2FO3S. The summed E-state index contributed by atoms with van der Waals surface area (Å²) < 4.78 is 39.7. The maximum absolute atomic E-state index is 13.1. The third-order valence-electron chi connectivity index (χ3n) is 2.44. The van der Waals surface area contributed by atoms with Crippen LogP contribution in [0.3, 0.4) is 0 Å². The standard InChI is InChI=1S/C12H15Cl2FO3S/c13-11-6-5-10(9-12(11)15)18-7-3-1-2-4-8-19(14,16)17/h5-6,9H,1-4,7-8H2. The summed E-state index contributed by atoms with van der Waals surface area (Å²) >= 11 is 5.55. The first-order valence-electron chi connectivity index (χ1n) is 5.89. The van der Waals surface area contributed by atoms with Gasteiger partial charge >= 0.3 is 0 Å². The zero-order chi connectivity index (χ0) is 14.3. The SMILES string of the molecule is O=S(=O)(Cl)CCCCCCOc1ccc(Cl)c(F)c1. The van der Waals surface area contributed by atoms with Crippen LogP contribution in [0.15, 0.2) is 18.2 Å². The van der Waals surface area contributed by atoms with Crippen molar-refractivity contribution >= 4 is 31.3 Å². The van der Waals surface area contributed by atoms with E-state index in [1.54, 1.807) is 6.07 Å². The van der Waals surface area contributed by atoms with Crippen LogP contribution in [0, 0.1) is 5.82 Å². The number of hydrogen-bond donors (Lipinski definition) is 0. The Labute approximate surface area is 122 Å². The minimum absolute atomic E-state index is 0.00217. The molecule has 0 N–H and O–H groups in total. The van der Waals surface area contributed by atoms with E-state index in [-0.39, 0.29) is 10.8 Å². The van der Waals surface area contributed by atoms with Crippen LogP contribution in [0.5, 0.6) is 5.75 Å². The van der Waals surface area contributed by atoms with E-state index in [0.29, 0.717) is 18.8 Å². The molecule has 0 aliphatic rings. The number of benzene rings is 1. The van der Waals surface area contributed by atoms with Gasteiger partial charge < -0.3 is 4.74 Å². The highest BCUT2D eigenvalue weighted by atomic mass is 35.7. The van der Waals surface area contributed by atoms with Gasteiger partial charge in [-0.2, -0.15) is 0 Å². The topological polar surface area (TPSA) is 43.4 Å². The second-order valence-corrected chi connectivity index (χ2v) is 7.39. The number of unbranched alkanes of at least 4 members (excludes halogenated alkanes) is 3. The fraction of sp³-hybridized carbons (Fsp3) is 0.500. The highest BCUT2D eigenvalue weighted by Gasteiger charge is 2.04. The van der Waals surface area contributed by atoms with Crippen LogP contribution < -0.4 is 4.74 Å². The third kappa shape index (κ3) is 7.60. The molecule has 0 aliphatic heterocycles. The molecule has 3 nitrogen and oxygen atoms in total. The fourth-order valence-electron chi connectivity index (χ4n) is 1.49. The first-order valence-corrected chi connectivity index (χ1v) is 8.74. The third-order valence-corrected chi connectivity index (χ3v) is 3.99. The summed E-state index contributed by atoms with van der Waals surface area (Å²) in [6.45, 7) is 0.453. The molecule has 0 heterocycles. The molecule has 7 heteroatoms. The van der Waals surface area contributed by atoms with Gasteiger partial charge in [-0.1, -0.05) is 24.4 Å². The maximum atomic E-state index is 13.1. The van der Waals surface area contributed by atoms with Crippen molar-refractivity contribution in [2.24, 2.45) is 0 Å². The van der Waals surface area contributed by atoms with E-state index in [1.807, 2.05) is 0 Å². The van der Waals surface area contributed by atoms with Crippen molar-refractivity contribution in [2.75, 3.05) is 12.4 Å². The van der Waals surface area contributed by atoms with E-state index in [9.17, 15) is 12.8 Å². The molecule has 0 unspecified atom stereocenters. The average molecular weight is 329 g/mol. The minimum Gasteiger partial charge on any atom is -0.493 e. The van der Waals surface area contributed by atoms with E-state index < -0.39 is 14.9 Å². The second kappa shape index (κ2) is 7.92. The van der Waals surface area contributed by atoms with Gasteiger partial charge in [-0.15, -0.1) is 0 Å². The predicted octanol–water partition coefficient (Wildman–Crippen LogP) is 3.99. The van der Waals surface area contributed by atoms with Crippen molar-refractivity contribution in [3.63, 3.8) is 0 Å². The van der Waals surface area contributed by atoms with Crippen LogP contribution in [-0.4, -0.2) is 20.8 Å². The van der Waals surface area contributed by atoms with Crippen molar-refractivity contribution in [1.29, 1.82) is 0 Å². The summed E-state index contributed by atoms with van der Waals surface area (Å²) in [4.78, 5) is 0. The van der Waals surface area contributed by atoms with Crippen molar-refractivity contribution < 1.29 is 17.5 Å². The van der Waals surface area contributed by atoms with Crippen LogP contribution in [0.25, 0.3) is 0 Å². The Morgan fingerprint density at radius 2 is 1.84 bits per heavy atom. The van der Waals surface area contributed by atoms with Crippen LogP contribution in [0.4, 0.5) is 4.39 Å².